The summed E-state index contributed by atoms with van der Waals surface area (Å²) in [6.45, 7) is 7.07. The number of ether oxygens (including phenoxy) is 1. The van der Waals surface area contributed by atoms with Crippen LogP contribution in [0.15, 0.2) is 30.3 Å². The van der Waals surface area contributed by atoms with Crippen LogP contribution in [0.3, 0.4) is 0 Å². The van der Waals surface area contributed by atoms with Crippen LogP contribution in [0.25, 0.3) is 0 Å². The largest absolute Gasteiger partial charge is 0.458 e. The quantitative estimate of drug-likeness (QED) is 0.558. The van der Waals surface area contributed by atoms with Gasteiger partial charge in [-0.1, -0.05) is 39.0 Å². The molecule has 0 bridgehead atoms. The molecule has 1 aromatic carbocycles. The molecule has 4 saturated carbocycles. The lowest BCUT2D eigenvalue weighted by Crippen LogP contribution is -2.55. The lowest BCUT2D eigenvalue weighted by molar-refractivity contribution is -0.148. The van der Waals surface area contributed by atoms with E-state index in [0.717, 1.165) is 38.0 Å². The second-order valence-electron chi connectivity index (χ2n) is 11.3. The van der Waals surface area contributed by atoms with E-state index in [1.807, 2.05) is 30.3 Å². The highest BCUT2D eigenvalue weighted by Crippen LogP contribution is 2.66. The Bertz CT molecular complexity index is 832. The summed E-state index contributed by atoms with van der Waals surface area (Å²) in [6.07, 6.45) is 8.86. The Labute approximate surface area is 181 Å². The van der Waals surface area contributed by atoms with Crippen molar-refractivity contribution in [3.05, 3.63) is 35.9 Å². The van der Waals surface area contributed by atoms with Gasteiger partial charge in [-0.05, 0) is 92.1 Å². The molecular formula is C27H36O3. The minimum atomic E-state index is -0.178. The number of rotatable bonds is 2. The summed E-state index contributed by atoms with van der Waals surface area (Å²) in [7, 11) is 0. The average Bonchev–Trinajstić information content (AvgIpc) is 3.04. The van der Waals surface area contributed by atoms with Gasteiger partial charge in [0.05, 0.1) is 5.56 Å². The van der Waals surface area contributed by atoms with E-state index in [9.17, 15) is 9.59 Å². The van der Waals surface area contributed by atoms with E-state index in [1.54, 1.807) is 0 Å². The molecule has 1 unspecified atom stereocenters. The normalized spacial score (nSPS) is 45.2. The third-order valence-corrected chi connectivity index (χ3v) is 9.96. The summed E-state index contributed by atoms with van der Waals surface area (Å²) in [5, 5.41) is 0. The van der Waals surface area contributed by atoms with Crippen LogP contribution in [0, 0.1) is 40.4 Å². The van der Waals surface area contributed by atoms with Gasteiger partial charge in [0.15, 0.2) is 0 Å². The van der Waals surface area contributed by atoms with Gasteiger partial charge in [0, 0.05) is 11.8 Å². The fourth-order valence-electron chi connectivity index (χ4n) is 8.29. The SMILES string of the molecule is C[C@@H]1C[C@@]2(C)C(CC[C@@H]3[C@@H]2CC[C@]2(C)C(=O)CC[C@@H]32)C[C@H]1OC(=O)c1ccccc1. The zero-order valence-electron chi connectivity index (χ0n) is 18.7. The van der Waals surface area contributed by atoms with E-state index in [0.29, 0.717) is 40.4 Å². The van der Waals surface area contributed by atoms with Gasteiger partial charge < -0.3 is 4.74 Å². The lowest BCUT2D eigenvalue weighted by Gasteiger charge is -2.61. The average molecular weight is 409 g/mol. The molecule has 0 aromatic heterocycles. The highest BCUT2D eigenvalue weighted by molar-refractivity contribution is 5.89. The maximum Gasteiger partial charge on any atom is 0.338 e. The molecular weight excluding hydrogens is 372 g/mol. The number of Topliss-reactive ketones (excluding diaryl/α,β-unsaturated/α-hetero) is 1. The van der Waals surface area contributed by atoms with Gasteiger partial charge in [0.2, 0.25) is 0 Å². The van der Waals surface area contributed by atoms with Crippen molar-refractivity contribution in [1.82, 2.24) is 0 Å². The van der Waals surface area contributed by atoms with Crippen LogP contribution in [-0.4, -0.2) is 17.9 Å². The van der Waals surface area contributed by atoms with Crippen LogP contribution in [-0.2, 0) is 9.53 Å². The van der Waals surface area contributed by atoms with Gasteiger partial charge in [0.1, 0.15) is 11.9 Å². The fourth-order valence-corrected chi connectivity index (χ4v) is 8.29. The first-order chi connectivity index (χ1) is 14.3. The third kappa shape index (κ3) is 2.99. The van der Waals surface area contributed by atoms with Crippen molar-refractivity contribution >= 4 is 11.8 Å². The predicted octanol–water partition coefficient (Wildman–Crippen LogP) is 6.07. The summed E-state index contributed by atoms with van der Waals surface area (Å²) in [5.74, 6) is 3.41. The van der Waals surface area contributed by atoms with Crippen molar-refractivity contribution in [2.75, 3.05) is 0 Å². The van der Waals surface area contributed by atoms with Crippen molar-refractivity contribution in [1.29, 1.82) is 0 Å². The fraction of sp³-hybridized carbons (Fsp3) is 0.704. The molecule has 30 heavy (non-hydrogen) atoms. The molecule has 0 radical (unpaired) electrons. The zero-order valence-corrected chi connectivity index (χ0v) is 18.7. The van der Waals surface area contributed by atoms with Crippen molar-refractivity contribution in [3.63, 3.8) is 0 Å². The number of carbonyl (C=O) groups is 2. The van der Waals surface area contributed by atoms with E-state index in [1.165, 1.54) is 19.3 Å². The molecule has 0 aliphatic heterocycles. The van der Waals surface area contributed by atoms with E-state index in [-0.39, 0.29) is 17.5 Å². The first-order valence-electron chi connectivity index (χ1n) is 12.1. The Hall–Kier alpha value is -1.64. The summed E-state index contributed by atoms with van der Waals surface area (Å²) in [4.78, 5) is 25.3. The van der Waals surface area contributed by atoms with Gasteiger partial charge in [0.25, 0.3) is 0 Å². The monoisotopic (exact) mass is 408 g/mol. The number of ketones is 1. The van der Waals surface area contributed by atoms with Gasteiger partial charge in [-0.25, -0.2) is 4.79 Å². The molecule has 0 heterocycles. The number of carbonyl (C=O) groups excluding carboxylic acids is 2. The summed E-state index contributed by atoms with van der Waals surface area (Å²) < 4.78 is 6.04. The standard InChI is InChI=1S/C27H36O3/c1-17-16-27(3)19(15-23(17)30-25(29)18-7-5-4-6-8-18)9-10-20-21-11-12-24(28)26(21,2)14-13-22(20)27/h4-8,17,19-23H,9-16H2,1-3H3/t17-,19?,20+,21+,22+,23-,26+,27+/m1/s1. The van der Waals surface area contributed by atoms with Crippen LogP contribution in [0.4, 0.5) is 0 Å². The maximum absolute atomic E-state index is 12.7. The number of benzene rings is 1. The van der Waals surface area contributed by atoms with E-state index in [2.05, 4.69) is 20.8 Å². The number of hydrogen-bond donors (Lipinski definition) is 0. The van der Waals surface area contributed by atoms with Crippen molar-refractivity contribution in [2.24, 2.45) is 40.4 Å². The first-order valence-corrected chi connectivity index (χ1v) is 12.1. The Morgan fingerprint density at radius 3 is 2.57 bits per heavy atom. The molecule has 0 spiro atoms. The number of fused-ring (bicyclic) bond motifs is 5. The third-order valence-electron chi connectivity index (χ3n) is 9.96. The predicted molar refractivity (Wildman–Crippen MR) is 117 cm³/mol. The molecule has 0 saturated heterocycles. The molecule has 5 rings (SSSR count). The van der Waals surface area contributed by atoms with Crippen LogP contribution in [0.5, 0.6) is 0 Å². The molecule has 0 amide bonds. The Kier molecular flexibility index (Phi) is 4.87. The first kappa shape index (κ1) is 20.3. The Morgan fingerprint density at radius 2 is 1.80 bits per heavy atom. The Morgan fingerprint density at radius 1 is 1.03 bits per heavy atom. The number of esters is 1. The second-order valence-corrected chi connectivity index (χ2v) is 11.3. The highest BCUT2D eigenvalue weighted by atomic mass is 16.5. The molecule has 3 nitrogen and oxygen atoms in total. The summed E-state index contributed by atoms with van der Waals surface area (Å²) in [5.41, 5.74) is 0.933. The number of hydrogen-bond acceptors (Lipinski definition) is 3. The molecule has 3 heteroatoms. The van der Waals surface area contributed by atoms with Crippen LogP contribution < -0.4 is 0 Å². The van der Waals surface area contributed by atoms with Crippen molar-refractivity contribution in [3.8, 4) is 0 Å². The topological polar surface area (TPSA) is 43.4 Å². The van der Waals surface area contributed by atoms with Crippen LogP contribution >= 0.6 is 0 Å². The summed E-state index contributed by atoms with van der Waals surface area (Å²) >= 11 is 0. The Balaban J connectivity index is 1.33. The molecule has 1 aromatic rings. The van der Waals surface area contributed by atoms with E-state index >= 15 is 0 Å². The molecule has 8 atom stereocenters. The zero-order chi connectivity index (χ0) is 21.1. The molecule has 0 N–H and O–H groups in total. The van der Waals surface area contributed by atoms with Crippen molar-refractivity contribution in [2.45, 2.75) is 78.2 Å². The lowest BCUT2D eigenvalue weighted by atomic mass is 9.44. The van der Waals surface area contributed by atoms with E-state index < -0.39 is 0 Å². The molecule has 4 fully saturated rings. The van der Waals surface area contributed by atoms with Gasteiger partial charge >= 0.3 is 5.97 Å². The van der Waals surface area contributed by atoms with Crippen LogP contribution in [0.2, 0.25) is 0 Å². The van der Waals surface area contributed by atoms with Crippen molar-refractivity contribution < 1.29 is 14.3 Å². The smallest absolute Gasteiger partial charge is 0.338 e. The molecule has 4 aliphatic rings. The van der Waals surface area contributed by atoms with E-state index in [4.69, 9.17) is 4.74 Å². The molecule has 4 aliphatic carbocycles. The minimum absolute atomic E-state index is 0.0224. The highest BCUT2D eigenvalue weighted by Gasteiger charge is 2.61. The van der Waals surface area contributed by atoms with Gasteiger partial charge in [-0.3, -0.25) is 4.79 Å². The van der Waals surface area contributed by atoms with Gasteiger partial charge in [-0.2, -0.15) is 0 Å². The maximum atomic E-state index is 12.7. The minimum Gasteiger partial charge on any atom is -0.458 e. The molecule has 162 valence electrons. The van der Waals surface area contributed by atoms with Gasteiger partial charge in [-0.15, -0.1) is 0 Å². The summed E-state index contributed by atoms with van der Waals surface area (Å²) in [6, 6.07) is 9.39. The second kappa shape index (κ2) is 7.21. The van der Waals surface area contributed by atoms with Crippen LogP contribution in [0.1, 0.15) is 82.5 Å².